The Hall–Kier alpha value is -0.0800. The van der Waals surface area contributed by atoms with E-state index in [1.54, 1.807) is 0 Å². The Labute approximate surface area is 114 Å². The minimum absolute atomic E-state index is 0.515. The maximum absolute atomic E-state index is 5.61. The molecular formula is C16H33NO. The quantitative estimate of drug-likeness (QED) is 0.746. The smallest absolute Gasteiger partial charge is 0.0622 e. The largest absolute Gasteiger partial charge is 0.380 e. The van der Waals surface area contributed by atoms with Crippen LogP contribution >= 0.6 is 0 Å². The topological polar surface area (TPSA) is 21.3 Å². The first-order chi connectivity index (χ1) is 8.54. The van der Waals surface area contributed by atoms with E-state index in [2.05, 4.69) is 39.9 Å². The zero-order valence-electron chi connectivity index (χ0n) is 13.0. The molecule has 0 saturated heterocycles. The van der Waals surface area contributed by atoms with E-state index in [1.165, 1.54) is 25.7 Å². The van der Waals surface area contributed by atoms with Crippen LogP contribution < -0.4 is 5.32 Å². The van der Waals surface area contributed by atoms with Crippen molar-refractivity contribution in [3.63, 3.8) is 0 Å². The molecule has 0 aromatic rings. The first kappa shape index (κ1) is 16.0. The molecule has 2 nitrogen and oxygen atoms in total. The van der Waals surface area contributed by atoms with Gasteiger partial charge in [-0.15, -0.1) is 0 Å². The van der Waals surface area contributed by atoms with Gasteiger partial charge in [0.15, 0.2) is 0 Å². The first-order valence-electron chi connectivity index (χ1n) is 7.88. The number of hydrogen-bond acceptors (Lipinski definition) is 2. The summed E-state index contributed by atoms with van der Waals surface area (Å²) in [6.07, 6.45) is 5.51. The fourth-order valence-electron chi connectivity index (χ4n) is 2.97. The van der Waals surface area contributed by atoms with Crippen molar-refractivity contribution in [3.8, 4) is 0 Å². The van der Waals surface area contributed by atoms with Crippen molar-refractivity contribution >= 4 is 0 Å². The van der Waals surface area contributed by atoms with E-state index in [-0.39, 0.29) is 0 Å². The lowest BCUT2D eigenvalue weighted by atomic mass is 9.79. The molecular weight excluding hydrogens is 222 g/mol. The summed E-state index contributed by atoms with van der Waals surface area (Å²) in [6, 6.07) is 1.22. The van der Waals surface area contributed by atoms with Crippen molar-refractivity contribution in [2.45, 2.75) is 72.4 Å². The van der Waals surface area contributed by atoms with Gasteiger partial charge in [-0.1, -0.05) is 40.5 Å². The highest BCUT2D eigenvalue weighted by atomic mass is 16.5. The van der Waals surface area contributed by atoms with Gasteiger partial charge in [0.25, 0.3) is 0 Å². The van der Waals surface area contributed by atoms with Gasteiger partial charge >= 0.3 is 0 Å². The van der Waals surface area contributed by atoms with Gasteiger partial charge in [-0.25, -0.2) is 0 Å². The number of ether oxygens (including phenoxy) is 1. The Bertz CT molecular complexity index is 215. The lowest BCUT2D eigenvalue weighted by molar-refractivity contribution is 0.0955. The third-order valence-corrected chi connectivity index (χ3v) is 4.41. The van der Waals surface area contributed by atoms with Crippen molar-refractivity contribution in [3.05, 3.63) is 0 Å². The molecule has 3 atom stereocenters. The highest BCUT2D eigenvalue weighted by Crippen LogP contribution is 2.30. The molecule has 3 unspecified atom stereocenters. The van der Waals surface area contributed by atoms with Crippen LogP contribution in [0.4, 0.5) is 0 Å². The minimum atomic E-state index is 0.515. The summed E-state index contributed by atoms with van der Waals surface area (Å²) in [5.74, 6) is 2.39. The third-order valence-electron chi connectivity index (χ3n) is 4.41. The second kappa shape index (κ2) is 8.16. The highest BCUT2D eigenvalue weighted by Gasteiger charge is 2.26. The van der Waals surface area contributed by atoms with Crippen LogP contribution in [0.2, 0.25) is 0 Å². The molecule has 0 aromatic heterocycles. The van der Waals surface area contributed by atoms with Gasteiger partial charge in [-0.05, 0) is 37.5 Å². The van der Waals surface area contributed by atoms with Crippen LogP contribution in [0, 0.1) is 17.8 Å². The molecule has 1 saturated carbocycles. The molecule has 0 aliphatic heterocycles. The second-order valence-electron chi connectivity index (χ2n) is 6.54. The van der Waals surface area contributed by atoms with Gasteiger partial charge in [-0.2, -0.15) is 0 Å². The van der Waals surface area contributed by atoms with Gasteiger partial charge in [0, 0.05) is 18.7 Å². The summed E-state index contributed by atoms with van der Waals surface area (Å²) >= 11 is 0. The summed E-state index contributed by atoms with van der Waals surface area (Å²) in [4.78, 5) is 0. The van der Waals surface area contributed by atoms with Crippen LogP contribution in [0.3, 0.4) is 0 Å². The second-order valence-corrected chi connectivity index (χ2v) is 6.54. The van der Waals surface area contributed by atoms with Crippen LogP contribution in [-0.2, 0) is 4.74 Å². The van der Waals surface area contributed by atoms with E-state index in [9.17, 15) is 0 Å². The molecule has 1 aliphatic rings. The van der Waals surface area contributed by atoms with Gasteiger partial charge in [-0.3, -0.25) is 0 Å². The molecule has 1 rings (SSSR count). The fourth-order valence-corrected chi connectivity index (χ4v) is 2.97. The van der Waals surface area contributed by atoms with Crippen LogP contribution in [-0.4, -0.2) is 25.3 Å². The number of rotatable bonds is 7. The summed E-state index contributed by atoms with van der Waals surface area (Å²) in [5.41, 5.74) is 0. The average molecular weight is 255 g/mol. The Morgan fingerprint density at radius 2 is 1.89 bits per heavy atom. The molecule has 1 fully saturated rings. The molecule has 0 spiro atoms. The van der Waals surface area contributed by atoms with E-state index in [0.717, 1.165) is 25.0 Å². The molecule has 0 aromatic carbocycles. The average Bonchev–Trinajstić information content (AvgIpc) is 2.34. The van der Waals surface area contributed by atoms with E-state index in [4.69, 9.17) is 4.74 Å². The Morgan fingerprint density at radius 1 is 1.17 bits per heavy atom. The lowest BCUT2D eigenvalue weighted by Gasteiger charge is -2.35. The standard InChI is InChI=1S/C16H33NO/c1-6-18-11-16(13(4)5)17-15-9-7-8-14(10-15)12(2)3/h12-17H,6-11H2,1-5H3. The maximum Gasteiger partial charge on any atom is 0.0622 e. The van der Waals surface area contributed by atoms with Crippen molar-refractivity contribution < 1.29 is 4.74 Å². The predicted molar refractivity (Wildman–Crippen MR) is 78.8 cm³/mol. The zero-order chi connectivity index (χ0) is 13.5. The molecule has 2 heteroatoms. The molecule has 0 bridgehead atoms. The van der Waals surface area contributed by atoms with E-state index in [1.807, 2.05) is 0 Å². The SMILES string of the molecule is CCOCC(NC1CCCC(C(C)C)C1)C(C)C. The summed E-state index contributed by atoms with van der Waals surface area (Å²) in [7, 11) is 0. The van der Waals surface area contributed by atoms with Gasteiger partial charge in [0.05, 0.1) is 6.61 Å². The molecule has 1 aliphatic carbocycles. The van der Waals surface area contributed by atoms with Crippen LogP contribution in [0.1, 0.15) is 60.3 Å². The summed E-state index contributed by atoms with van der Waals surface area (Å²) in [6.45, 7) is 13.1. The maximum atomic E-state index is 5.61. The fraction of sp³-hybridized carbons (Fsp3) is 1.00. The normalized spacial score (nSPS) is 26.8. The summed E-state index contributed by atoms with van der Waals surface area (Å²) in [5, 5.41) is 3.85. The molecule has 108 valence electrons. The first-order valence-corrected chi connectivity index (χ1v) is 7.88. The van der Waals surface area contributed by atoms with Crippen LogP contribution in [0.5, 0.6) is 0 Å². The van der Waals surface area contributed by atoms with Crippen molar-refractivity contribution in [2.24, 2.45) is 17.8 Å². The summed E-state index contributed by atoms with van der Waals surface area (Å²) < 4.78 is 5.61. The number of nitrogens with one attached hydrogen (secondary N) is 1. The molecule has 0 heterocycles. The Kier molecular flexibility index (Phi) is 7.25. The third kappa shape index (κ3) is 5.27. The molecule has 0 amide bonds. The highest BCUT2D eigenvalue weighted by molar-refractivity contribution is 4.83. The van der Waals surface area contributed by atoms with Gasteiger partial charge in [0.1, 0.15) is 0 Å². The van der Waals surface area contributed by atoms with Crippen LogP contribution in [0.15, 0.2) is 0 Å². The van der Waals surface area contributed by atoms with Crippen molar-refractivity contribution in [2.75, 3.05) is 13.2 Å². The van der Waals surface area contributed by atoms with E-state index >= 15 is 0 Å². The van der Waals surface area contributed by atoms with Crippen molar-refractivity contribution in [1.29, 1.82) is 0 Å². The minimum Gasteiger partial charge on any atom is -0.380 e. The molecule has 1 N–H and O–H groups in total. The monoisotopic (exact) mass is 255 g/mol. The van der Waals surface area contributed by atoms with Gasteiger partial charge < -0.3 is 10.1 Å². The van der Waals surface area contributed by atoms with E-state index in [0.29, 0.717) is 18.0 Å². The predicted octanol–water partition coefficient (Wildman–Crippen LogP) is 3.85. The Morgan fingerprint density at radius 3 is 2.44 bits per heavy atom. The van der Waals surface area contributed by atoms with Gasteiger partial charge in [0.2, 0.25) is 0 Å². The van der Waals surface area contributed by atoms with E-state index < -0.39 is 0 Å². The molecule has 18 heavy (non-hydrogen) atoms. The van der Waals surface area contributed by atoms with Crippen LogP contribution in [0.25, 0.3) is 0 Å². The lowest BCUT2D eigenvalue weighted by Crippen LogP contribution is -2.46. The zero-order valence-corrected chi connectivity index (χ0v) is 13.0. The number of hydrogen-bond donors (Lipinski definition) is 1. The molecule has 0 radical (unpaired) electrons. The Balaban J connectivity index is 2.42. The van der Waals surface area contributed by atoms with Crippen molar-refractivity contribution in [1.82, 2.24) is 5.32 Å².